The Morgan fingerprint density at radius 1 is 0.969 bits per heavy atom. The number of benzene rings is 2. The van der Waals surface area contributed by atoms with E-state index >= 15 is 0 Å². The molecule has 0 unspecified atom stereocenters. The standard InChI is InChI=1S/C23H26N4O3S2/c1-17-9-10-20(15-18(17)2)32(29,30)26-13-11-25(12-14-26)22(28)21-16-24-23(31-3)27(21)19-7-5-4-6-8-19/h4-10,15-16H,11-14H2,1-3H3. The first kappa shape index (κ1) is 22.6. The number of carbonyl (C=O) groups excluding carboxylic acids is 1. The van der Waals surface area contributed by atoms with E-state index < -0.39 is 10.0 Å². The second-order valence-electron chi connectivity index (χ2n) is 7.74. The van der Waals surface area contributed by atoms with E-state index in [1.807, 2.05) is 61.1 Å². The summed E-state index contributed by atoms with van der Waals surface area (Å²) in [5, 5.41) is 0.732. The second-order valence-corrected chi connectivity index (χ2v) is 10.5. The lowest BCUT2D eigenvalue weighted by Gasteiger charge is -2.34. The van der Waals surface area contributed by atoms with Crippen LogP contribution in [-0.4, -0.2) is 65.5 Å². The Bertz CT molecular complexity index is 1230. The number of rotatable bonds is 5. The van der Waals surface area contributed by atoms with Crippen LogP contribution in [0.15, 0.2) is 64.8 Å². The fraction of sp³-hybridized carbons (Fsp3) is 0.304. The van der Waals surface area contributed by atoms with E-state index in [0.717, 1.165) is 22.0 Å². The second kappa shape index (κ2) is 9.09. The first-order valence-electron chi connectivity index (χ1n) is 10.4. The molecule has 1 amide bonds. The molecule has 1 aromatic heterocycles. The predicted octanol–water partition coefficient (Wildman–Crippen LogP) is 3.36. The first-order chi connectivity index (χ1) is 15.3. The van der Waals surface area contributed by atoms with Crippen molar-refractivity contribution in [3.63, 3.8) is 0 Å². The number of imidazole rings is 1. The maximum Gasteiger partial charge on any atom is 0.272 e. The monoisotopic (exact) mass is 470 g/mol. The average molecular weight is 471 g/mol. The topological polar surface area (TPSA) is 75.5 Å². The molecular formula is C23H26N4O3S2. The van der Waals surface area contributed by atoms with Gasteiger partial charge in [0.25, 0.3) is 5.91 Å². The van der Waals surface area contributed by atoms with E-state index in [1.54, 1.807) is 23.2 Å². The Balaban J connectivity index is 1.52. The summed E-state index contributed by atoms with van der Waals surface area (Å²) in [6, 6.07) is 14.8. The van der Waals surface area contributed by atoms with Gasteiger partial charge in [-0.3, -0.25) is 9.36 Å². The van der Waals surface area contributed by atoms with Crippen LogP contribution in [0, 0.1) is 13.8 Å². The molecule has 2 heterocycles. The third kappa shape index (κ3) is 4.20. The van der Waals surface area contributed by atoms with Crippen LogP contribution in [0.4, 0.5) is 0 Å². The lowest BCUT2D eigenvalue weighted by atomic mass is 10.1. The zero-order chi connectivity index (χ0) is 22.9. The lowest BCUT2D eigenvalue weighted by molar-refractivity contribution is 0.0689. The normalized spacial score (nSPS) is 15.2. The van der Waals surface area contributed by atoms with Gasteiger partial charge in [0.1, 0.15) is 5.69 Å². The summed E-state index contributed by atoms with van der Waals surface area (Å²) in [6.07, 6.45) is 3.52. The van der Waals surface area contributed by atoms with Crippen LogP contribution in [0.25, 0.3) is 5.69 Å². The number of piperazine rings is 1. The highest BCUT2D eigenvalue weighted by atomic mass is 32.2. The molecular weight excluding hydrogens is 444 g/mol. The Labute approximate surface area is 193 Å². The SMILES string of the molecule is CSc1ncc(C(=O)N2CCN(S(=O)(=O)c3ccc(C)c(C)c3)CC2)n1-c1ccccc1. The fourth-order valence-electron chi connectivity index (χ4n) is 3.77. The highest BCUT2D eigenvalue weighted by molar-refractivity contribution is 7.98. The summed E-state index contributed by atoms with van der Waals surface area (Å²) in [5.41, 5.74) is 3.34. The third-order valence-electron chi connectivity index (χ3n) is 5.79. The van der Waals surface area contributed by atoms with Crippen molar-refractivity contribution in [1.82, 2.24) is 18.8 Å². The predicted molar refractivity (Wildman–Crippen MR) is 126 cm³/mol. The number of aryl methyl sites for hydroxylation is 2. The summed E-state index contributed by atoms with van der Waals surface area (Å²) in [5.74, 6) is -0.148. The van der Waals surface area contributed by atoms with Crippen LogP contribution in [0.5, 0.6) is 0 Å². The van der Waals surface area contributed by atoms with Gasteiger partial charge in [-0.05, 0) is 55.5 Å². The molecule has 7 nitrogen and oxygen atoms in total. The average Bonchev–Trinajstić information content (AvgIpc) is 3.25. The molecule has 3 aromatic rings. The summed E-state index contributed by atoms with van der Waals surface area (Å²) < 4.78 is 29.5. The van der Waals surface area contributed by atoms with Gasteiger partial charge in [0, 0.05) is 31.9 Å². The number of aromatic nitrogens is 2. The van der Waals surface area contributed by atoms with Crippen molar-refractivity contribution in [1.29, 1.82) is 0 Å². The Morgan fingerprint density at radius 3 is 2.28 bits per heavy atom. The van der Waals surface area contributed by atoms with E-state index in [9.17, 15) is 13.2 Å². The molecule has 0 saturated carbocycles. The van der Waals surface area contributed by atoms with Crippen molar-refractivity contribution >= 4 is 27.7 Å². The quantitative estimate of drug-likeness (QED) is 0.535. The molecule has 168 valence electrons. The fourth-order valence-corrected chi connectivity index (χ4v) is 5.83. The van der Waals surface area contributed by atoms with Crippen LogP contribution < -0.4 is 0 Å². The zero-order valence-electron chi connectivity index (χ0n) is 18.4. The van der Waals surface area contributed by atoms with Gasteiger partial charge >= 0.3 is 0 Å². The molecule has 2 aromatic carbocycles. The molecule has 1 aliphatic rings. The molecule has 4 rings (SSSR count). The first-order valence-corrected chi connectivity index (χ1v) is 13.0. The van der Waals surface area contributed by atoms with E-state index in [1.165, 1.54) is 16.1 Å². The maximum absolute atomic E-state index is 13.3. The number of amides is 1. The van der Waals surface area contributed by atoms with Gasteiger partial charge in [-0.15, -0.1) is 0 Å². The number of hydrogen-bond donors (Lipinski definition) is 0. The molecule has 1 saturated heterocycles. The van der Waals surface area contributed by atoms with E-state index in [4.69, 9.17) is 0 Å². The zero-order valence-corrected chi connectivity index (χ0v) is 20.0. The summed E-state index contributed by atoms with van der Waals surface area (Å²) in [6.45, 7) is 5.04. The van der Waals surface area contributed by atoms with Gasteiger partial charge in [0.15, 0.2) is 5.16 Å². The molecule has 32 heavy (non-hydrogen) atoms. The Hall–Kier alpha value is -2.62. The van der Waals surface area contributed by atoms with Crippen molar-refractivity contribution in [2.75, 3.05) is 32.4 Å². The number of nitrogens with zero attached hydrogens (tertiary/aromatic N) is 4. The van der Waals surface area contributed by atoms with Gasteiger partial charge < -0.3 is 4.90 Å². The van der Waals surface area contributed by atoms with E-state index in [-0.39, 0.29) is 19.0 Å². The molecule has 1 fully saturated rings. The highest BCUT2D eigenvalue weighted by Crippen LogP contribution is 2.24. The molecule has 0 N–H and O–H groups in total. The number of thioether (sulfide) groups is 1. The van der Waals surface area contributed by atoms with Crippen LogP contribution in [0.3, 0.4) is 0 Å². The lowest BCUT2D eigenvalue weighted by Crippen LogP contribution is -2.50. The van der Waals surface area contributed by atoms with E-state index in [2.05, 4.69) is 4.98 Å². The minimum atomic E-state index is -3.59. The largest absolute Gasteiger partial charge is 0.335 e. The minimum Gasteiger partial charge on any atom is -0.335 e. The van der Waals surface area contributed by atoms with Crippen molar-refractivity contribution in [2.24, 2.45) is 0 Å². The molecule has 9 heteroatoms. The maximum atomic E-state index is 13.3. The molecule has 0 atom stereocenters. The van der Waals surface area contributed by atoms with Gasteiger partial charge in [-0.25, -0.2) is 13.4 Å². The summed E-state index contributed by atoms with van der Waals surface area (Å²) in [7, 11) is -3.59. The van der Waals surface area contributed by atoms with Crippen LogP contribution in [-0.2, 0) is 10.0 Å². The highest BCUT2D eigenvalue weighted by Gasteiger charge is 2.32. The molecule has 0 aliphatic carbocycles. The van der Waals surface area contributed by atoms with Crippen molar-refractivity contribution < 1.29 is 13.2 Å². The Morgan fingerprint density at radius 2 is 1.66 bits per heavy atom. The van der Waals surface area contributed by atoms with Crippen LogP contribution in [0.2, 0.25) is 0 Å². The number of hydrogen-bond acceptors (Lipinski definition) is 5. The summed E-state index contributed by atoms with van der Waals surface area (Å²) in [4.78, 5) is 19.7. The minimum absolute atomic E-state index is 0.148. The van der Waals surface area contributed by atoms with Crippen LogP contribution >= 0.6 is 11.8 Å². The van der Waals surface area contributed by atoms with E-state index in [0.29, 0.717) is 23.7 Å². The Kier molecular flexibility index (Phi) is 6.41. The summed E-state index contributed by atoms with van der Waals surface area (Å²) >= 11 is 1.47. The van der Waals surface area contributed by atoms with Crippen LogP contribution in [0.1, 0.15) is 21.6 Å². The smallest absolute Gasteiger partial charge is 0.272 e. The molecule has 0 radical (unpaired) electrons. The molecule has 0 bridgehead atoms. The number of para-hydroxylation sites is 1. The van der Waals surface area contributed by atoms with Crippen molar-refractivity contribution in [2.45, 2.75) is 23.9 Å². The van der Waals surface area contributed by atoms with Crippen molar-refractivity contribution in [3.8, 4) is 5.69 Å². The number of carbonyl (C=O) groups is 1. The van der Waals surface area contributed by atoms with Gasteiger partial charge in [0.05, 0.1) is 11.1 Å². The molecule has 0 spiro atoms. The van der Waals surface area contributed by atoms with Gasteiger partial charge in [0.2, 0.25) is 10.0 Å². The van der Waals surface area contributed by atoms with Gasteiger partial charge in [-0.1, -0.05) is 36.0 Å². The third-order valence-corrected chi connectivity index (χ3v) is 8.34. The van der Waals surface area contributed by atoms with Crippen molar-refractivity contribution in [3.05, 3.63) is 71.5 Å². The number of sulfonamides is 1. The molecule has 1 aliphatic heterocycles. The van der Waals surface area contributed by atoms with Gasteiger partial charge in [-0.2, -0.15) is 4.31 Å².